The summed E-state index contributed by atoms with van der Waals surface area (Å²) in [5.41, 5.74) is 7.15. The average Bonchev–Trinajstić information content (AvgIpc) is 1.61. The second kappa shape index (κ2) is 41.8. The summed E-state index contributed by atoms with van der Waals surface area (Å²) in [6, 6.07) is 23.1. The Morgan fingerprint density at radius 1 is 0.451 bits per heavy atom. The first kappa shape index (κ1) is 88.2. The van der Waals surface area contributed by atoms with E-state index in [1.807, 2.05) is 60.9 Å². The van der Waals surface area contributed by atoms with Gasteiger partial charge in [0.05, 0.1) is 130 Å². The van der Waals surface area contributed by atoms with Gasteiger partial charge in [0.1, 0.15) is 58.7 Å². The number of methoxy groups -OCH3 is 9. The van der Waals surface area contributed by atoms with Crippen molar-refractivity contribution in [2.75, 3.05) is 211 Å². The van der Waals surface area contributed by atoms with Crippen molar-refractivity contribution in [3.63, 3.8) is 0 Å². The number of aliphatic hydroxyl groups is 2. The predicted molar refractivity (Wildman–Crippen MR) is 465 cm³/mol. The van der Waals surface area contributed by atoms with Gasteiger partial charge in [0.25, 0.3) is 0 Å². The standard InChI is InChI=1S/C29H39N9O4.C24H29ClN8O3.C19H17ClN6O4.C5H12N2.C5H11NO/c1-34-10-12-35(13-11-34)16-20-7-8-23-28(32-29(33-38(20)23)37-9-5-6-21(37)18-39)31-26-17-36(19-30-26)22-14-24(40-2)27(42-4)25(15-22)41-3;1-30-7-9-31(10-8-30)13-16-5-6-18-23(28-24(25)29-33(16)18)27-21-14-32(15-26-21)17-11-19(34-2)22(36-4)20(12-17)35-3;1-28-14-6-12(7-15(29-2)17(14)30-3)25-8-16(21-10-25)22-18-13-5-4-11(9-27)26(13)24-19(20)23-18;1-7-4-2-6-3-5-7;7-4-5-2-1-3-6-5/h7-8,14-15,17,19,21,39H,5-6,9-13,16,18H2,1-4H3,(H,31,32,33);5-6,11-12,14-15H,7-10,13H2,1-4H3,(H,27,28,29);4-10H,1-3H3,(H,22,23,24);6H,2-5H2,1H3;5-7H,1-4H2/t21-;;;;5-/m0...0/s1. The maximum atomic E-state index is 11.2. The van der Waals surface area contributed by atoms with Crippen molar-refractivity contribution in [2.45, 2.75) is 50.9 Å². The van der Waals surface area contributed by atoms with E-state index in [0.29, 0.717) is 123 Å². The SMILES string of the molecule is CN1CCNCC1.COc1cc(-n2cnc(Nc3nc(Cl)nn4c(C=O)ccc34)c2)cc(OC)c1OC.COc1cc(-n2cnc(Nc3nc(Cl)nn4c(CN5CCN(C)CC5)ccc34)c2)cc(OC)c1OC.COc1cc(-n2cnc(Nc3nc(N4CCC[C@H]4CO)nn4c(CN5CCN(C)CC5)ccc34)c2)cc(OC)c1OC.OC[C@@H]1CCCN1. The number of nitrogens with zero attached hydrogens (tertiary/aromatic N) is 21. The number of hydrogen-bond acceptors (Lipinski definition) is 32. The fraction of sp³-hybridized carbons (Fsp3) is 0.439. The number of carbonyl (C=O) groups excluding carboxylic acids is 1. The molecule has 0 spiro atoms. The molecule has 5 saturated heterocycles. The van der Waals surface area contributed by atoms with Gasteiger partial charge in [0, 0.05) is 141 Å². The predicted octanol–water partition coefficient (Wildman–Crippen LogP) is 7.88. The van der Waals surface area contributed by atoms with E-state index in [-0.39, 0.29) is 23.2 Å². The number of aliphatic hydroxyl groups excluding tert-OH is 2. The third-order valence-corrected chi connectivity index (χ3v) is 22.0. The highest BCUT2D eigenvalue weighted by Crippen LogP contribution is 2.43. The monoisotopic (exact) mass is 1720 g/mol. The van der Waals surface area contributed by atoms with Crippen LogP contribution in [0.15, 0.2) is 110 Å². The summed E-state index contributed by atoms with van der Waals surface area (Å²) in [5.74, 6) is 8.81. The number of ether oxygens (including phenoxy) is 9. The molecule has 2 atom stereocenters. The lowest BCUT2D eigenvalue weighted by molar-refractivity contribution is 0.111. The minimum absolute atomic E-state index is 0.00573. The van der Waals surface area contributed by atoms with Crippen LogP contribution in [0.5, 0.6) is 51.7 Å². The summed E-state index contributed by atoms with van der Waals surface area (Å²) in [7, 11) is 20.6. The molecule has 0 amide bonds. The van der Waals surface area contributed by atoms with Gasteiger partial charge in [-0.15, -0.1) is 15.3 Å². The van der Waals surface area contributed by atoms with Gasteiger partial charge in [-0.3, -0.25) is 14.6 Å². The Bertz CT molecular complexity index is 5360. The molecular formula is C82H108Cl2N26O12. The molecule has 5 aliphatic heterocycles. The van der Waals surface area contributed by atoms with Gasteiger partial charge in [-0.1, -0.05) is 0 Å². The molecule has 7 N–H and O–H groups in total. The van der Waals surface area contributed by atoms with Crippen LogP contribution >= 0.6 is 23.2 Å². The van der Waals surface area contributed by atoms with Crippen LogP contribution in [0, 0.1) is 0 Å². The van der Waals surface area contributed by atoms with Crippen LogP contribution in [-0.4, -0.2) is 316 Å². The lowest BCUT2D eigenvalue weighted by atomic mass is 10.2. The molecule has 3 aromatic carbocycles. The van der Waals surface area contributed by atoms with Gasteiger partial charge in [0.2, 0.25) is 33.8 Å². The summed E-state index contributed by atoms with van der Waals surface area (Å²) in [6.07, 6.45) is 15.5. The molecule has 12 aromatic rings. The van der Waals surface area contributed by atoms with Crippen LogP contribution < -0.4 is 74.1 Å². The number of halogens is 2. The molecule has 0 saturated carbocycles. The zero-order valence-corrected chi connectivity index (χ0v) is 72.3. The molecule has 0 bridgehead atoms. The Kier molecular flexibility index (Phi) is 30.2. The number of likely N-dealkylation sites (N-methyl/N-ethyl adjacent to an activating group) is 3. The highest BCUT2D eigenvalue weighted by Gasteiger charge is 2.30. The van der Waals surface area contributed by atoms with Gasteiger partial charge in [-0.05, 0) is 113 Å². The molecule has 17 rings (SSSR count). The van der Waals surface area contributed by atoms with Crippen molar-refractivity contribution >= 4 is 86.9 Å². The second-order valence-electron chi connectivity index (χ2n) is 29.5. The number of hydrogen-bond donors (Lipinski definition) is 7. The third kappa shape index (κ3) is 21.1. The molecular weight excluding hydrogens is 1610 g/mol. The zero-order chi connectivity index (χ0) is 85.9. The molecule has 9 aromatic heterocycles. The van der Waals surface area contributed by atoms with Gasteiger partial charge in [-0.2, -0.15) is 15.0 Å². The van der Waals surface area contributed by atoms with E-state index in [4.69, 9.17) is 81.0 Å². The van der Waals surface area contributed by atoms with E-state index in [2.05, 4.69) is 130 Å². The van der Waals surface area contributed by atoms with Crippen LogP contribution in [0.4, 0.5) is 40.9 Å². The number of rotatable bonds is 26. The lowest BCUT2D eigenvalue weighted by Gasteiger charge is -2.32. The largest absolute Gasteiger partial charge is 0.493 e. The Balaban J connectivity index is 0.000000147. The van der Waals surface area contributed by atoms with E-state index in [9.17, 15) is 9.90 Å². The van der Waals surface area contributed by atoms with E-state index >= 15 is 0 Å². The summed E-state index contributed by atoms with van der Waals surface area (Å²) in [5, 5.41) is 48.4. The van der Waals surface area contributed by atoms with E-state index in [1.165, 1.54) is 24.0 Å². The first-order chi connectivity index (χ1) is 59.4. The molecule has 0 aliphatic carbocycles. The smallest absolute Gasteiger partial charge is 0.245 e. The van der Waals surface area contributed by atoms with Crippen LogP contribution in [0.2, 0.25) is 10.6 Å². The second-order valence-corrected chi connectivity index (χ2v) is 30.2. The molecule has 0 radical (unpaired) electrons. The summed E-state index contributed by atoms with van der Waals surface area (Å²) >= 11 is 12.3. The van der Waals surface area contributed by atoms with Crippen LogP contribution in [0.3, 0.4) is 0 Å². The van der Waals surface area contributed by atoms with Gasteiger partial charge >= 0.3 is 0 Å². The van der Waals surface area contributed by atoms with E-state index in [0.717, 1.165) is 150 Å². The number of carbonyl (C=O) groups is 1. The highest BCUT2D eigenvalue weighted by molar-refractivity contribution is 6.28. The van der Waals surface area contributed by atoms with Crippen molar-refractivity contribution in [3.8, 4) is 68.8 Å². The fourth-order valence-electron chi connectivity index (χ4n) is 14.8. The van der Waals surface area contributed by atoms with E-state index in [1.54, 1.807) is 118 Å². The number of nitrogens with one attached hydrogen (secondary N) is 5. The van der Waals surface area contributed by atoms with Gasteiger partial charge < -0.3 is 113 Å². The Labute approximate surface area is 717 Å². The van der Waals surface area contributed by atoms with Gasteiger partial charge in [-0.25, -0.2) is 28.5 Å². The van der Waals surface area contributed by atoms with Crippen molar-refractivity contribution in [1.29, 1.82) is 0 Å². The Hall–Kier alpha value is -11.6. The number of piperazine rings is 3. The van der Waals surface area contributed by atoms with Crippen molar-refractivity contribution in [1.82, 2.24) is 108 Å². The number of aldehydes is 1. The maximum absolute atomic E-state index is 11.2. The summed E-state index contributed by atoms with van der Waals surface area (Å²) < 4.78 is 59.8. The van der Waals surface area contributed by atoms with E-state index < -0.39 is 0 Å². The molecule has 122 heavy (non-hydrogen) atoms. The van der Waals surface area contributed by atoms with Gasteiger partial charge in [0.15, 0.2) is 58.2 Å². The highest BCUT2D eigenvalue weighted by atomic mass is 35.5. The van der Waals surface area contributed by atoms with Crippen LogP contribution in [0.1, 0.15) is 47.6 Å². The summed E-state index contributed by atoms with van der Waals surface area (Å²) in [6.45, 7) is 16.9. The quantitative estimate of drug-likeness (QED) is 0.0253. The zero-order valence-electron chi connectivity index (χ0n) is 70.8. The average molecular weight is 1720 g/mol. The molecule has 14 heterocycles. The lowest BCUT2D eigenvalue weighted by Crippen LogP contribution is -2.44. The minimum atomic E-state index is -0.00615. The normalized spacial score (nSPS) is 16.5. The topological polar surface area (TPSA) is 364 Å². The van der Waals surface area contributed by atoms with Crippen molar-refractivity contribution in [2.24, 2.45) is 0 Å². The number of aromatic nitrogens is 15. The molecule has 40 heteroatoms. The number of fused-ring (bicyclic) bond motifs is 3. The van der Waals surface area contributed by atoms with Crippen molar-refractivity contribution in [3.05, 3.63) is 138 Å². The van der Waals surface area contributed by atoms with Crippen molar-refractivity contribution < 1.29 is 57.6 Å². The third-order valence-electron chi connectivity index (χ3n) is 21.6. The molecule has 652 valence electrons. The maximum Gasteiger partial charge on any atom is 0.245 e. The molecule has 0 unspecified atom stereocenters. The molecule has 5 aliphatic rings. The fourth-order valence-corrected chi connectivity index (χ4v) is 15.1. The Morgan fingerprint density at radius 3 is 1.20 bits per heavy atom. The number of benzene rings is 3. The summed E-state index contributed by atoms with van der Waals surface area (Å²) in [4.78, 5) is 52.3. The number of imidazole rings is 3. The Morgan fingerprint density at radius 2 is 0.844 bits per heavy atom. The number of anilines is 7. The molecule has 5 fully saturated rings. The van der Waals surface area contributed by atoms with Crippen LogP contribution in [0.25, 0.3) is 33.6 Å². The van der Waals surface area contributed by atoms with Crippen LogP contribution in [-0.2, 0) is 13.1 Å². The first-order valence-electron chi connectivity index (χ1n) is 40.1. The first-order valence-corrected chi connectivity index (χ1v) is 40.9. The molecule has 38 nitrogen and oxygen atoms in total. The minimum Gasteiger partial charge on any atom is -0.493 e.